The summed E-state index contributed by atoms with van der Waals surface area (Å²) in [6.45, 7) is 4.37. The molecule has 1 heterocycles. The molecule has 3 aromatic rings. The molecule has 22 heavy (non-hydrogen) atoms. The van der Waals surface area contributed by atoms with Crippen LogP contribution in [0.4, 0.5) is 5.69 Å². The summed E-state index contributed by atoms with van der Waals surface area (Å²) < 4.78 is 8.30. The summed E-state index contributed by atoms with van der Waals surface area (Å²) in [4.78, 5) is 12.3. The Morgan fingerprint density at radius 3 is 2.59 bits per heavy atom. The highest BCUT2D eigenvalue weighted by atomic mass is 32.1. The summed E-state index contributed by atoms with van der Waals surface area (Å²) in [7, 11) is 0. The van der Waals surface area contributed by atoms with Crippen LogP contribution in [0.5, 0.6) is 0 Å². The van der Waals surface area contributed by atoms with E-state index in [-0.39, 0.29) is 5.91 Å². The van der Waals surface area contributed by atoms with Crippen LogP contribution in [0.1, 0.15) is 42.1 Å². The largest absolute Gasteiger partial charge is 0.322 e. The molecule has 0 spiro atoms. The van der Waals surface area contributed by atoms with Gasteiger partial charge in [-0.25, -0.2) is 0 Å². The van der Waals surface area contributed by atoms with E-state index in [1.54, 1.807) is 12.1 Å². The van der Waals surface area contributed by atoms with Crippen LogP contribution in [0, 0.1) is 0 Å². The van der Waals surface area contributed by atoms with Crippen molar-refractivity contribution in [2.75, 3.05) is 5.32 Å². The number of carbonyl (C=O) groups is 1. The molecule has 0 saturated carbocycles. The van der Waals surface area contributed by atoms with Crippen LogP contribution in [0.25, 0.3) is 11.0 Å². The molecule has 1 atom stereocenters. The number of nitrogens with one attached hydrogen (secondary N) is 1. The summed E-state index contributed by atoms with van der Waals surface area (Å²) >= 11 is 1.15. The summed E-state index contributed by atoms with van der Waals surface area (Å²) in [5.41, 5.74) is 4.25. The molecular weight excluding hydrogens is 294 g/mol. The normalized spacial score (nSPS) is 12.3. The Bertz CT molecular complexity index is 795. The van der Waals surface area contributed by atoms with E-state index in [0.29, 0.717) is 11.5 Å². The molecule has 2 aromatic carbocycles. The van der Waals surface area contributed by atoms with Gasteiger partial charge in [-0.15, -0.1) is 0 Å². The van der Waals surface area contributed by atoms with Gasteiger partial charge in [0.05, 0.1) is 11.7 Å². The van der Waals surface area contributed by atoms with Crippen LogP contribution in [-0.4, -0.2) is 14.7 Å². The van der Waals surface area contributed by atoms with E-state index < -0.39 is 0 Å². The fraction of sp³-hybridized carbons (Fsp3) is 0.235. The molecule has 1 amide bonds. The Kier molecular flexibility index (Phi) is 4.15. The molecule has 1 N–H and O–H groups in total. The van der Waals surface area contributed by atoms with Crippen LogP contribution in [0.15, 0.2) is 42.5 Å². The zero-order valence-corrected chi connectivity index (χ0v) is 13.4. The van der Waals surface area contributed by atoms with Gasteiger partial charge in [-0.05, 0) is 48.2 Å². The lowest BCUT2D eigenvalue weighted by molar-refractivity contribution is 0.102. The molecule has 0 aliphatic heterocycles. The minimum absolute atomic E-state index is 0.133. The van der Waals surface area contributed by atoms with Crippen molar-refractivity contribution in [2.24, 2.45) is 0 Å². The maximum absolute atomic E-state index is 12.3. The standard InChI is InChI=1S/C17H17N3OS/c1-3-11(2)12-4-7-14(8-5-12)18-17(21)13-6-9-15-16(10-13)20-22-19-15/h4-11H,3H2,1-2H3,(H,18,21)/t11-/m1/s1. The third-order valence-corrected chi connectivity index (χ3v) is 4.42. The highest BCUT2D eigenvalue weighted by Gasteiger charge is 2.09. The minimum Gasteiger partial charge on any atom is -0.322 e. The first-order valence-electron chi connectivity index (χ1n) is 7.31. The number of rotatable bonds is 4. The number of aromatic nitrogens is 2. The molecular formula is C17H17N3OS. The minimum atomic E-state index is -0.133. The number of benzene rings is 2. The number of hydrogen-bond acceptors (Lipinski definition) is 4. The van der Waals surface area contributed by atoms with E-state index in [1.807, 2.05) is 18.2 Å². The van der Waals surface area contributed by atoms with Crippen molar-refractivity contribution in [3.8, 4) is 0 Å². The molecule has 0 aliphatic rings. The lowest BCUT2D eigenvalue weighted by Crippen LogP contribution is -2.11. The van der Waals surface area contributed by atoms with Crippen LogP contribution >= 0.6 is 11.7 Å². The molecule has 0 saturated heterocycles. The number of hydrogen-bond donors (Lipinski definition) is 1. The van der Waals surface area contributed by atoms with Gasteiger partial charge in [-0.1, -0.05) is 26.0 Å². The molecule has 0 fully saturated rings. The third kappa shape index (κ3) is 2.99. The monoisotopic (exact) mass is 311 g/mol. The van der Waals surface area contributed by atoms with Crippen LogP contribution in [0.2, 0.25) is 0 Å². The molecule has 0 aliphatic carbocycles. The van der Waals surface area contributed by atoms with E-state index in [4.69, 9.17) is 0 Å². The Morgan fingerprint density at radius 1 is 1.14 bits per heavy atom. The van der Waals surface area contributed by atoms with Crippen molar-refractivity contribution in [1.82, 2.24) is 8.75 Å². The third-order valence-electron chi connectivity index (χ3n) is 3.87. The van der Waals surface area contributed by atoms with Crippen molar-refractivity contribution >= 4 is 34.4 Å². The molecule has 1 aromatic heterocycles. The van der Waals surface area contributed by atoms with Crippen molar-refractivity contribution in [3.63, 3.8) is 0 Å². The van der Waals surface area contributed by atoms with Gasteiger partial charge in [0, 0.05) is 11.3 Å². The van der Waals surface area contributed by atoms with E-state index in [0.717, 1.165) is 34.9 Å². The van der Waals surface area contributed by atoms with Gasteiger partial charge < -0.3 is 5.32 Å². The first-order chi connectivity index (χ1) is 10.7. The second kappa shape index (κ2) is 6.23. The maximum Gasteiger partial charge on any atom is 0.255 e. The Labute approximate surface area is 133 Å². The first-order valence-corrected chi connectivity index (χ1v) is 8.04. The van der Waals surface area contributed by atoms with Gasteiger partial charge in [0.1, 0.15) is 11.0 Å². The van der Waals surface area contributed by atoms with Gasteiger partial charge in [0.25, 0.3) is 5.91 Å². The summed E-state index contributed by atoms with van der Waals surface area (Å²) in [6.07, 6.45) is 1.10. The second-order valence-electron chi connectivity index (χ2n) is 5.35. The fourth-order valence-corrected chi connectivity index (χ4v) is 2.77. The number of nitrogens with zero attached hydrogens (tertiary/aromatic N) is 2. The maximum atomic E-state index is 12.3. The van der Waals surface area contributed by atoms with Crippen LogP contribution in [-0.2, 0) is 0 Å². The van der Waals surface area contributed by atoms with E-state index >= 15 is 0 Å². The van der Waals surface area contributed by atoms with E-state index in [9.17, 15) is 4.79 Å². The van der Waals surface area contributed by atoms with E-state index in [1.165, 1.54) is 5.56 Å². The van der Waals surface area contributed by atoms with Crippen LogP contribution in [0.3, 0.4) is 0 Å². The van der Waals surface area contributed by atoms with Crippen molar-refractivity contribution in [2.45, 2.75) is 26.2 Å². The Balaban J connectivity index is 1.75. The number of amides is 1. The van der Waals surface area contributed by atoms with Crippen molar-refractivity contribution < 1.29 is 4.79 Å². The number of carbonyl (C=O) groups excluding carboxylic acids is 1. The first kappa shape index (κ1) is 14.7. The molecule has 0 radical (unpaired) electrons. The lowest BCUT2D eigenvalue weighted by atomic mass is 9.98. The zero-order chi connectivity index (χ0) is 15.5. The molecule has 112 valence electrons. The average molecular weight is 311 g/mol. The number of fused-ring (bicyclic) bond motifs is 1. The topological polar surface area (TPSA) is 54.9 Å². The molecule has 0 unspecified atom stereocenters. The van der Waals surface area contributed by atoms with Gasteiger partial charge in [-0.2, -0.15) is 8.75 Å². The van der Waals surface area contributed by atoms with Gasteiger partial charge in [0.2, 0.25) is 0 Å². The zero-order valence-electron chi connectivity index (χ0n) is 12.5. The molecule has 3 rings (SSSR count). The Hall–Kier alpha value is -2.27. The van der Waals surface area contributed by atoms with E-state index in [2.05, 4.69) is 40.0 Å². The fourth-order valence-electron chi connectivity index (χ4n) is 2.26. The predicted molar refractivity (Wildman–Crippen MR) is 90.5 cm³/mol. The molecule has 5 heteroatoms. The second-order valence-corrected chi connectivity index (χ2v) is 5.88. The quantitative estimate of drug-likeness (QED) is 0.774. The van der Waals surface area contributed by atoms with Gasteiger partial charge in [0.15, 0.2) is 0 Å². The highest BCUT2D eigenvalue weighted by molar-refractivity contribution is 7.00. The number of anilines is 1. The molecule has 0 bridgehead atoms. The summed E-state index contributed by atoms with van der Waals surface area (Å²) in [5, 5.41) is 2.92. The smallest absolute Gasteiger partial charge is 0.255 e. The Morgan fingerprint density at radius 2 is 1.86 bits per heavy atom. The molecule has 4 nitrogen and oxygen atoms in total. The van der Waals surface area contributed by atoms with Gasteiger partial charge >= 0.3 is 0 Å². The van der Waals surface area contributed by atoms with Gasteiger partial charge in [-0.3, -0.25) is 4.79 Å². The SMILES string of the molecule is CC[C@@H](C)c1ccc(NC(=O)c2ccc3nsnc3c2)cc1. The predicted octanol–water partition coefficient (Wildman–Crippen LogP) is 4.46. The lowest BCUT2D eigenvalue weighted by Gasteiger charge is -2.10. The van der Waals surface area contributed by atoms with Crippen molar-refractivity contribution in [1.29, 1.82) is 0 Å². The average Bonchev–Trinajstić information content (AvgIpc) is 3.02. The van der Waals surface area contributed by atoms with Crippen molar-refractivity contribution in [3.05, 3.63) is 53.6 Å². The summed E-state index contributed by atoms with van der Waals surface area (Å²) in [5.74, 6) is 0.399. The summed E-state index contributed by atoms with van der Waals surface area (Å²) in [6, 6.07) is 13.4. The van der Waals surface area contributed by atoms with Crippen LogP contribution < -0.4 is 5.32 Å². The highest BCUT2D eigenvalue weighted by Crippen LogP contribution is 2.21.